The Bertz CT molecular complexity index is 840. The molecule has 7 nitrogen and oxygen atoms in total. The van der Waals surface area contributed by atoms with E-state index in [9.17, 15) is 4.79 Å². The Hall–Kier alpha value is -2.83. The Morgan fingerprint density at radius 3 is 1.86 bits per heavy atom. The molecule has 0 radical (unpaired) electrons. The van der Waals surface area contributed by atoms with E-state index in [1.165, 1.54) is 89.8 Å². The highest BCUT2D eigenvalue weighted by Crippen LogP contribution is 2.22. The first-order valence-electron chi connectivity index (χ1n) is 13.6. The number of anilines is 3. The number of hydrazine groups is 1. The normalized spacial score (nSPS) is 10.8. The minimum Gasteiger partial charge on any atom is -0.393 e. The van der Waals surface area contributed by atoms with Gasteiger partial charge in [-0.05, 0) is 25.5 Å². The van der Waals surface area contributed by atoms with Crippen LogP contribution in [0.15, 0.2) is 30.6 Å². The molecule has 0 spiro atoms. The lowest BCUT2D eigenvalue weighted by Crippen LogP contribution is -2.30. The highest BCUT2D eigenvalue weighted by Gasteiger charge is 2.10. The third-order valence-corrected chi connectivity index (χ3v) is 6.31. The van der Waals surface area contributed by atoms with Crippen LogP contribution in [0.4, 0.5) is 17.3 Å². The lowest BCUT2D eigenvalue weighted by Gasteiger charge is -2.13. The van der Waals surface area contributed by atoms with Crippen molar-refractivity contribution in [1.82, 2.24) is 15.4 Å². The molecule has 194 valence electrons. The van der Waals surface area contributed by atoms with Gasteiger partial charge < -0.3 is 11.1 Å². The zero-order valence-corrected chi connectivity index (χ0v) is 21.9. The van der Waals surface area contributed by atoms with Crippen LogP contribution in [0.5, 0.6) is 0 Å². The molecule has 0 saturated carbocycles. The van der Waals surface area contributed by atoms with Gasteiger partial charge in [0, 0.05) is 12.1 Å². The summed E-state index contributed by atoms with van der Waals surface area (Å²) in [5.74, 6) is 0.714. The van der Waals surface area contributed by atoms with Gasteiger partial charge in [-0.1, -0.05) is 108 Å². The Kier molecular flexibility index (Phi) is 14.3. The zero-order chi connectivity index (χ0) is 25.1. The first-order chi connectivity index (χ1) is 17.1. The number of aromatic nitrogens is 2. The minimum atomic E-state index is -0.250. The summed E-state index contributed by atoms with van der Waals surface area (Å²) in [5.41, 5.74) is 13.7. The molecule has 1 aromatic heterocycles. The standard InChI is InChI=1S/C28H46N6O/c1-3-4-5-6-7-8-9-10-11-12-13-14-15-16-21-30-26-25(29)27(32-22-31-26)33-34-28(35)24-19-17-23(2)18-20-24/h17-20,22H,3-16,21,29H2,1-2H3,(H,34,35)(H2,30,31,32,33). The molecule has 2 rings (SSSR count). The summed E-state index contributed by atoms with van der Waals surface area (Å²) >= 11 is 0. The Morgan fingerprint density at radius 1 is 0.771 bits per heavy atom. The van der Waals surface area contributed by atoms with E-state index in [-0.39, 0.29) is 5.91 Å². The van der Waals surface area contributed by atoms with Crippen LogP contribution < -0.4 is 21.9 Å². The van der Waals surface area contributed by atoms with Crippen molar-refractivity contribution < 1.29 is 4.79 Å². The number of nitrogens with two attached hydrogens (primary N) is 1. The summed E-state index contributed by atoms with van der Waals surface area (Å²) in [7, 11) is 0. The van der Waals surface area contributed by atoms with Gasteiger partial charge in [-0.3, -0.25) is 15.6 Å². The maximum atomic E-state index is 12.3. The number of amides is 1. The number of aryl methyl sites for hydroxylation is 1. The monoisotopic (exact) mass is 482 g/mol. The molecule has 0 aliphatic carbocycles. The van der Waals surface area contributed by atoms with Gasteiger partial charge in [0.1, 0.15) is 12.0 Å². The summed E-state index contributed by atoms with van der Waals surface area (Å²) in [6.07, 6.45) is 20.2. The second kappa shape index (κ2) is 17.6. The first-order valence-corrected chi connectivity index (χ1v) is 13.6. The molecule has 0 aliphatic heterocycles. The second-order valence-corrected chi connectivity index (χ2v) is 9.45. The van der Waals surface area contributed by atoms with Crippen LogP contribution in [-0.2, 0) is 0 Å². The van der Waals surface area contributed by atoms with Crippen LogP contribution in [0.1, 0.15) is 113 Å². The fourth-order valence-corrected chi connectivity index (χ4v) is 4.06. The lowest BCUT2D eigenvalue weighted by atomic mass is 10.0. The predicted molar refractivity (Wildman–Crippen MR) is 148 cm³/mol. The number of nitrogens with zero attached hydrogens (tertiary/aromatic N) is 2. The minimum absolute atomic E-state index is 0.250. The van der Waals surface area contributed by atoms with E-state index in [4.69, 9.17) is 5.73 Å². The number of benzene rings is 1. The van der Waals surface area contributed by atoms with Crippen molar-refractivity contribution in [1.29, 1.82) is 0 Å². The van der Waals surface area contributed by atoms with Gasteiger partial charge in [0.15, 0.2) is 11.6 Å². The summed E-state index contributed by atoms with van der Waals surface area (Å²) in [5, 5.41) is 3.29. The Balaban J connectivity index is 1.53. The van der Waals surface area contributed by atoms with Crippen LogP contribution in [0.2, 0.25) is 0 Å². The van der Waals surface area contributed by atoms with Crippen molar-refractivity contribution in [2.75, 3.05) is 23.0 Å². The molecule has 5 N–H and O–H groups in total. The molecule has 0 atom stereocenters. The van der Waals surface area contributed by atoms with E-state index in [1.807, 2.05) is 19.1 Å². The number of hydrogen-bond donors (Lipinski definition) is 4. The van der Waals surface area contributed by atoms with Crippen molar-refractivity contribution in [3.05, 3.63) is 41.7 Å². The van der Waals surface area contributed by atoms with E-state index >= 15 is 0 Å². The molecule has 35 heavy (non-hydrogen) atoms. The third kappa shape index (κ3) is 11.9. The molecular weight excluding hydrogens is 436 g/mol. The van der Waals surface area contributed by atoms with Crippen LogP contribution in [-0.4, -0.2) is 22.4 Å². The molecule has 0 unspecified atom stereocenters. The molecule has 0 aliphatic rings. The first kappa shape index (κ1) is 28.4. The predicted octanol–water partition coefficient (Wildman–Crippen LogP) is 7.02. The summed E-state index contributed by atoms with van der Waals surface area (Å²) in [6, 6.07) is 7.35. The highest BCUT2D eigenvalue weighted by molar-refractivity contribution is 5.95. The number of rotatable bonds is 19. The van der Waals surface area contributed by atoms with Gasteiger partial charge in [0.05, 0.1) is 0 Å². The van der Waals surface area contributed by atoms with Gasteiger partial charge in [0.25, 0.3) is 5.91 Å². The topological polar surface area (TPSA) is 105 Å². The third-order valence-electron chi connectivity index (χ3n) is 6.31. The highest BCUT2D eigenvalue weighted by atomic mass is 16.2. The summed E-state index contributed by atoms with van der Waals surface area (Å²) in [4.78, 5) is 20.7. The number of nitrogen functional groups attached to an aromatic ring is 1. The fourth-order valence-electron chi connectivity index (χ4n) is 4.06. The van der Waals surface area contributed by atoms with Crippen LogP contribution in [0, 0.1) is 6.92 Å². The van der Waals surface area contributed by atoms with Crippen LogP contribution in [0.25, 0.3) is 0 Å². The maximum Gasteiger partial charge on any atom is 0.269 e. The van der Waals surface area contributed by atoms with Crippen LogP contribution in [0.3, 0.4) is 0 Å². The Labute approximate surface area is 212 Å². The van der Waals surface area contributed by atoms with E-state index < -0.39 is 0 Å². The average molecular weight is 483 g/mol. The van der Waals surface area contributed by atoms with Crippen molar-refractivity contribution in [3.8, 4) is 0 Å². The molecule has 0 fully saturated rings. The molecule has 0 bridgehead atoms. The van der Waals surface area contributed by atoms with Gasteiger partial charge in [-0.25, -0.2) is 9.97 Å². The van der Waals surface area contributed by atoms with E-state index in [0.29, 0.717) is 22.9 Å². The smallest absolute Gasteiger partial charge is 0.269 e. The van der Waals surface area contributed by atoms with Gasteiger partial charge in [-0.2, -0.15) is 0 Å². The van der Waals surface area contributed by atoms with Crippen molar-refractivity contribution in [2.24, 2.45) is 0 Å². The van der Waals surface area contributed by atoms with E-state index in [0.717, 1.165) is 18.5 Å². The molecular formula is C28H46N6O. The quantitative estimate of drug-likeness (QED) is 0.127. The molecule has 1 heterocycles. The molecule has 1 amide bonds. The average Bonchev–Trinajstić information content (AvgIpc) is 2.86. The number of hydrogen-bond acceptors (Lipinski definition) is 6. The van der Waals surface area contributed by atoms with Crippen LogP contribution >= 0.6 is 0 Å². The molecule has 2 aromatic rings. The second-order valence-electron chi connectivity index (χ2n) is 9.45. The summed E-state index contributed by atoms with van der Waals surface area (Å²) in [6.45, 7) is 5.07. The zero-order valence-electron chi connectivity index (χ0n) is 21.9. The molecule has 0 saturated heterocycles. The SMILES string of the molecule is CCCCCCCCCCCCCCCCNc1ncnc(NNC(=O)c2ccc(C)cc2)c1N. The molecule has 1 aromatic carbocycles. The van der Waals surface area contributed by atoms with Crippen molar-refractivity contribution in [3.63, 3.8) is 0 Å². The lowest BCUT2D eigenvalue weighted by molar-refractivity contribution is 0.0962. The summed E-state index contributed by atoms with van der Waals surface area (Å²) < 4.78 is 0. The number of carbonyl (C=O) groups is 1. The largest absolute Gasteiger partial charge is 0.393 e. The van der Waals surface area contributed by atoms with E-state index in [2.05, 4.69) is 33.1 Å². The van der Waals surface area contributed by atoms with E-state index in [1.54, 1.807) is 12.1 Å². The fraction of sp³-hybridized carbons (Fsp3) is 0.607. The van der Waals surface area contributed by atoms with Gasteiger partial charge >= 0.3 is 0 Å². The number of unbranched alkanes of at least 4 members (excludes halogenated alkanes) is 13. The number of carbonyl (C=O) groups excluding carboxylic acids is 1. The molecule has 7 heteroatoms. The van der Waals surface area contributed by atoms with Gasteiger partial charge in [0.2, 0.25) is 0 Å². The van der Waals surface area contributed by atoms with Crippen molar-refractivity contribution >= 4 is 23.2 Å². The Morgan fingerprint density at radius 2 is 1.29 bits per heavy atom. The number of nitrogens with one attached hydrogen (secondary N) is 3. The van der Waals surface area contributed by atoms with Gasteiger partial charge in [-0.15, -0.1) is 0 Å². The van der Waals surface area contributed by atoms with Crippen molar-refractivity contribution in [2.45, 2.75) is 104 Å². The maximum absolute atomic E-state index is 12.3.